The number of rotatable bonds is 4. The van der Waals surface area contributed by atoms with Crippen molar-refractivity contribution in [2.24, 2.45) is 11.7 Å². The third-order valence-corrected chi connectivity index (χ3v) is 3.77. The van der Waals surface area contributed by atoms with E-state index in [0.717, 1.165) is 25.7 Å². The van der Waals surface area contributed by atoms with Gasteiger partial charge in [0, 0.05) is 0 Å². The van der Waals surface area contributed by atoms with E-state index in [1.807, 2.05) is 30.3 Å². The molecule has 1 aliphatic carbocycles. The van der Waals surface area contributed by atoms with Crippen LogP contribution in [-0.2, 0) is 10.4 Å². The van der Waals surface area contributed by atoms with Crippen molar-refractivity contribution in [2.75, 3.05) is 6.54 Å². The standard InChI is InChI=1S/C14H19NO2/c15-10-13(16)14(17,12-8-4-5-9-12)11-6-2-1-3-7-11/h1-3,6-7,12,17H,4-5,8-10,15H2. The molecule has 0 heterocycles. The molecular weight excluding hydrogens is 214 g/mol. The zero-order chi connectivity index (χ0) is 12.3. The van der Waals surface area contributed by atoms with Crippen LogP contribution in [0, 0.1) is 5.92 Å². The predicted molar refractivity (Wildman–Crippen MR) is 66.4 cm³/mol. The van der Waals surface area contributed by atoms with E-state index < -0.39 is 5.60 Å². The summed E-state index contributed by atoms with van der Waals surface area (Å²) in [5, 5.41) is 10.8. The molecule has 0 radical (unpaired) electrons. The highest BCUT2D eigenvalue weighted by atomic mass is 16.3. The second kappa shape index (κ2) is 4.98. The maximum Gasteiger partial charge on any atom is 0.182 e. The third kappa shape index (κ3) is 2.13. The average molecular weight is 233 g/mol. The molecule has 0 saturated heterocycles. The van der Waals surface area contributed by atoms with Crippen molar-refractivity contribution in [1.82, 2.24) is 0 Å². The first-order valence-electron chi connectivity index (χ1n) is 6.21. The summed E-state index contributed by atoms with van der Waals surface area (Å²) in [7, 11) is 0. The number of Topliss-reactive ketones (excluding diaryl/α,β-unsaturated/α-hetero) is 1. The number of aliphatic hydroxyl groups is 1. The Morgan fingerprint density at radius 2 is 1.88 bits per heavy atom. The minimum atomic E-state index is -1.38. The minimum Gasteiger partial charge on any atom is -0.377 e. The number of carbonyl (C=O) groups excluding carboxylic acids is 1. The predicted octanol–water partition coefficient (Wildman–Crippen LogP) is 1.59. The van der Waals surface area contributed by atoms with Gasteiger partial charge in [-0.25, -0.2) is 0 Å². The summed E-state index contributed by atoms with van der Waals surface area (Å²) in [4.78, 5) is 12.0. The maximum atomic E-state index is 12.0. The van der Waals surface area contributed by atoms with Crippen molar-refractivity contribution >= 4 is 5.78 Å². The average Bonchev–Trinajstić information content (AvgIpc) is 2.92. The number of nitrogens with two attached hydrogens (primary N) is 1. The van der Waals surface area contributed by atoms with Gasteiger partial charge in [0.2, 0.25) is 0 Å². The van der Waals surface area contributed by atoms with Crippen molar-refractivity contribution in [3.05, 3.63) is 35.9 Å². The van der Waals surface area contributed by atoms with Crippen molar-refractivity contribution < 1.29 is 9.90 Å². The molecule has 0 aromatic heterocycles. The molecule has 0 amide bonds. The molecule has 1 unspecified atom stereocenters. The van der Waals surface area contributed by atoms with Crippen molar-refractivity contribution in [3.8, 4) is 0 Å². The van der Waals surface area contributed by atoms with Gasteiger partial charge in [0.1, 0.15) is 0 Å². The van der Waals surface area contributed by atoms with Gasteiger partial charge in [-0.3, -0.25) is 4.79 Å². The van der Waals surface area contributed by atoms with E-state index in [2.05, 4.69) is 0 Å². The van der Waals surface area contributed by atoms with Crippen LogP contribution in [-0.4, -0.2) is 17.4 Å². The molecule has 1 aromatic rings. The Kier molecular flexibility index (Phi) is 3.60. The summed E-state index contributed by atoms with van der Waals surface area (Å²) >= 11 is 0. The number of benzene rings is 1. The van der Waals surface area contributed by atoms with E-state index in [-0.39, 0.29) is 18.2 Å². The second-order valence-corrected chi connectivity index (χ2v) is 4.74. The van der Waals surface area contributed by atoms with Gasteiger partial charge in [-0.05, 0) is 24.3 Å². The highest BCUT2D eigenvalue weighted by Crippen LogP contribution is 2.40. The van der Waals surface area contributed by atoms with Crippen molar-refractivity contribution in [3.63, 3.8) is 0 Å². The van der Waals surface area contributed by atoms with E-state index in [9.17, 15) is 9.90 Å². The fraction of sp³-hybridized carbons (Fsp3) is 0.500. The molecule has 1 aliphatic rings. The van der Waals surface area contributed by atoms with E-state index >= 15 is 0 Å². The molecule has 0 bridgehead atoms. The van der Waals surface area contributed by atoms with Gasteiger partial charge in [-0.1, -0.05) is 43.2 Å². The van der Waals surface area contributed by atoms with Crippen LogP contribution < -0.4 is 5.73 Å². The first kappa shape index (κ1) is 12.3. The molecule has 92 valence electrons. The van der Waals surface area contributed by atoms with E-state index in [0.29, 0.717) is 5.56 Å². The summed E-state index contributed by atoms with van der Waals surface area (Å²) < 4.78 is 0. The summed E-state index contributed by atoms with van der Waals surface area (Å²) in [6.07, 6.45) is 3.96. The van der Waals surface area contributed by atoms with E-state index in [1.165, 1.54) is 0 Å². The Morgan fingerprint density at radius 1 is 1.29 bits per heavy atom. The van der Waals surface area contributed by atoms with Crippen molar-refractivity contribution in [1.29, 1.82) is 0 Å². The van der Waals surface area contributed by atoms with Crippen molar-refractivity contribution in [2.45, 2.75) is 31.3 Å². The number of hydrogen-bond donors (Lipinski definition) is 2. The smallest absolute Gasteiger partial charge is 0.182 e. The second-order valence-electron chi connectivity index (χ2n) is 4.74. The van der Waals surface area contributed by atoms with Gasteiger partial charge in [0.15, 0.2) is 11.4 Å². The van der Waals surface area contributed by atoms with Crippen LogP contribution in [0.4, 0.5) is 0 Å². The van der Waals surface area contributed by atoms with Crippen LogP contribution in [0.25, 0.3) is 0 Å². The van der Waals surface area contributed by atoms with Crippen LogP contribution in [0.1, 0.15) is 31.2 Å². The third-order valence-electron chi connectivity index (χ3n) is 3.77. The van der Waals surface area contributed by atoms with Gasteiger partial charge in [-0.15, -0.1) is 0 Å². The Labute approximate surface area is 102 Å². The highest BCUT2D eigenvalue weighted by Gasteiger charge is 2.45. The largest absolute Gasteiger partial charge is 0.377 e. The SMILES string of the molecule is NCC(=O)C(O)(c1ccccc1)C1CCCC1. The summed E-state index contributed by atoms with van der Waals surface area (Å²) in [5.74, 6) is -0.253. The molecular formula is C14H19NO2. The minimum absolute atomic E-state index is 0.0148. The molecule has 17 heavy (non-hydrogen) atoms. The number of carbonyl (C=O) groups is 1. The fourth-order valence-corrected chi connectivity index (χ4v) is 2.82. The van der Waals surface area contributed by atoms with Gasteiger partial charge in [0.25, 0.3) is 0 Å². The quantitative estimate of drug-likeness (QED) is 0.830. The van der Waals surface area contributed by atoms with E-state index in [1.54, 1.807) is 0 Å². The van der Waals surface area contributed by atoms with Crippen LogP contribution in [0.3, 0.4) is 0 Å². The molecule has 0 spiro atoms. The molecule has 0 aliphatic heterocycles. The maximum absolute atomic E-state index is 12.0. The normalized spacial score (nSPS) is 20.1. The Hall–Kier alpha value is -1.19. The van der Waals surface area contributed by atoms with Gasteiger partial charge in [-0.2, -0.15) is 0 Å². The molecule has 3 N–H and O–H groups in total. The molecule has 3 heteroatoms. The summed E-state index contributed by atoms with van der Waals surface area (Å²) in [5.41, 5.74) is 4.75. The lowest BCUT2D eigenvalue weighted by molar-refractivity contribution is -0.143. The summed E-state index contributed by atoms with van der Waals surface area (Å²) in [6.45, 7) is -0.109. The summed E-state index contributed by atoms with van der Waals surface area (Å²) in [6, 6.07) is 9.20. The Balaban J connectivity index is 2.39. The van der Waals surface area contributed by atoms with Gasteiger partial charge < -0.3 is 10.8 Å². The molecule has 1 fully saturated rings. The fourth-order valence-electron chi connectivity index (χ4n) is 2.82. The van der Waals surface area contributed by atoms with Gasteiger partial charge in [0.05, 0.1) is 6.54 Å². The molecule has 1 atom stereocenters. The highest BCUT2D eigenvalue weighted by molar-refractivity contribution is 5.90. The lowest BCUT2D eigenvalue weighted by atomic mass is 9.77. The first-order valence-corrected chi connectivity index (χ1v) is 6.21. The number of ketones is 1. The topological polar surface area (TPSA) is 63.3 Å². The molecule has 3 nitrogen and oxygen atoms in total. The zero-order valence-electron chi connectivity index (χ0n) is 9.93. The van der Waals surface area contributed by atoms with E-state index in [4.69, 9.17) is 5.73 Å². The van der Waals surface area contributed by atoms with Crippen LogP contribution >= 0.6 is 0 Å². The lowest BCUT2D eigenvalue weighted by Gasteiger charge is -2.32. The Bertz CT molecular complexity index is 384. The number of hydrogen-bond acceptors (Lipinski definition) is 3. The lowest BCUT2D eigenvalue weighted by Crippen LogP contribution is -2.45. The molecule has 1 aromatic carbocycles. The zero-order valence-corrected chi connectivity index (χ0v) is 9.93. The first-order chi connectivity index (χ1) is 8.19. The van der Waals surface area contributed by atoms with Crippen LogP contribution in [0.2, 0.25) is 0 Å². The monoisotopic (exact) mass is 233 g/mol. The van der Waals surface area contributed by atoms with Crippen LogP contribution in [0.5, 0.6) is 0 Å². The molecule has 1 saturated carbocycles. The molecule has 2 rings (SSSR count). The Morgan fingerprint density at radius 3 is 2.41 bits per heavy atom. The van der Waals surface area contributed by atoms with Gasteiger partial charge >= 0.3 is 0 Å². The van der Waals surface area contributed by atoms with Crippen LogP contribution in [0.15, 0.2) is 30.3 Å².